The Morgan fingerprint density at radius 1 is 1.46 bits per heavy atom. The fourth-order valence-corrected chi connectivity index (χ4v) is 3.99. The molecular weight excluding hydrogens is 190 g/mol. The van der Waals surface area contributed by atoms with Gasteiger partial charge >= 0.3 is 5.97 Å². The second-order valence-corrected chi connectivity index (χ2v) is 5.38. The Bertz CT molecular complexity index is 256. The van der Waals surface area contributed by atoms with Gasteiger partial charge in [0.2, 0.25) is 0 Å². The summed E-state index contributed by atoms with van der Waals surface area (Å²) in [5, 5.41) is 12.0. The highest BCUT2D eigenvalue weighted by atomic mass is 32.2. The summed E-state index contributed by atoms with van der Waals surface area (Å²) in [6, 6.07) is -0.420. The van der Waals surface area contributed by atoms with Gasteiger partial charge in [0, 0.05) is 22.6 Å². The van der Waals surface area contributed by atoms with Crippen LogP contribution in [0.2, 0.25) is 0 Å². The van der Waals surface area contributed by atoms with Crippen molar-refractivity contribution in [1.29, 1.82) is 0 Å². The summed E-state index contributed by atoms with van der Waals surface area (Å²) in [7, 11) is -0.940. The molecule has 2 rings (SSSR count). The third kappa shape index (κ3) is 1.62. The monoisotopic (exact) mass is 203 g/mol. The summed E-state index contributed by atoms with van der Waals surface area (Å²) in [5.74, 6) is -0.602. The van der Waals surface area contributed by atoms with E-state index in [0.717, 1.165) is 19.3 Å². The highest BCUT2D eigenvalue weighted by molar-refractivity contribution is 7.85. The van der Waals surface area contributed by atoms with Crippen LogP contribution < -0.4 is 5.32 Å². The van der Waals surface area contributed by atoms with Crippen molar-refractivity contribution in [1.82, 2.24) is 5.32 Å². The van der Waals surface area contributed by atoms with Crippen molar-refractivity contribution < 1.29 is 14.1 Å². The number of aliphatic carboxylic acids is 1. The van der Waals surface area contributed by atoms with E-state index in [9.17, 15) is 9.00 Å². The second kappa shape index (κ2) is 3.38. The molecule has 1 saturated heterocycles. The molecule has 5 heteroatoms. The van der Waals surface area contributed by atoms with Crippen LogP contribution in [0.25, 0.3) is 0 Å². The third-order valence-electron chi connectivity index (χ3n) is 2.83. The van der Waals surface area contributed by atoms with Gasteiger partial charge in [0.15, 0.2) is 0 Å². The molecule has 74 valence electrons. The molecule has 2 fully saturated rings. The largest absolute Gasteiger partial charge is 0.480 e. The lowest BCUT2D eigenvalue weighted by Crippen LogP contribution is -2.56. The predicted molar refractivity (Wildman–Crippen MR) is 49.0 cm³/mol. The Balaban J connectivity index is 2.09. The first-order chi connectivity index (χ1) is 6.18. The lowest BCUT2D eigenvalue weighted by molar-refractivity contribution is -0.139. The summed E-state index contributed by atoms with van der Waals surface area (Å²) in [5.41, 5.74) is 0. The number of hydrogen-bond donors (Lipinski definition) is 2. The van der Waals surface area contributed by atoms with Crippen LogP contribution >= 0.6 is 0 Å². The third-order valence-corrected chi connectivity index (χ3v) is 4.74. The summed E-state index contributed by atoms with van der Waals surface area (Å²) in [6.45, 7) is 0. The first kappa shape index (κ1) is 9.15. The fraction of sp³-hybridized carbons (Fsp3) is 0.875. The molecule has 0 radical (unpaired) electrons. The number of rotatable bonds is 1. The fourth-order valence-electron chi connectivity index (χ4n) is 2.17. The normalized spacial score (nSPS) is 44.3. The minimum Gasteiger partial charge on any atom is -0.480 e. The van der Waals surface area contributed by atoms with Gasteiger partial charge in [-0.2, -0.15) is 0 Å². The van der Waals surface area contributed by atoms with E-state index < -0.39 is 22.8 Å². The lowest BCUT2D eigenvalue weighted by atomic mass is 10.2. The highest BCUT2D eigenvalue weighted by Crippen LogP contribution is 2.27. The molecule has 2 N–H and O–H groups in total. The number of carboxylic acids is 1. The van der Waals surface area contributed by atoms with E-state index >= 15 is 0 Å². The van der Waals surface area contributed by atoms with E-state index in [1.54, 1.807) is 0 Å². The zero-order valence-electron chi connectivity index (χ0n) is 7.23. The Morgan fingerprint density at radius 3 is 2.92 bits per heavy atom. The first-order valence-corrected chi connectivity index (χ1v) is 5.92. The molecule has 0 aromatic rings. The van der Waals surface area contributed by atoms with E-state index in [-0.39, 0.29) is 17.0 Å². The zero-order valence-corrected chi connectivity index (χ0v) is 8.05. The summed E-state index contributed by atoms with van der Waals surface area (Å²) < 4.78 is 11.6. The lowest BCUT2D eigenvalue weighted by Gasteiger charge is -2.30. The number of hydrogen-bond acceptors (Lipinski definition) is 3. The Labute approximate surface area is 79.2 Å². The summed E-state index contributed by atoms with van der Waals surface area (Å²) in [6.07, 6.45) is 3.03. The quantitative estimate of drug-likeness (QED) is 0.614. The predicted octanol–water partition coefficient (Wildman–Crippen LogP) is -0.287. The van der Waals surface area contributed by atoms with E-state index in [2.05, 4.69) is 5.32 Å². The molecule has 1 aliphatic heterocycles. The van der Waals surface area contributed by atoms with Crippen molar-refractivity contribution in [2.75, 3.05) is 5.75 Å². The van der Waals surface area contributed by atoms with Crippen molar-refractivity contribution >= 4 is 16.8 Å². The molecule has 4 atom stereocenters. The van der Waals surface area contributed by atoms with E-state index in [0.29, 0.717) is 0 Å². The molecule has 1 aliphatic carbocycles. The molecule has 0 aromatic heterocycles. The minimum atomic E-state index is -0.940. The topological polar surface area (TPSA) is 66.4 Å². The maximum absolute atomic E-state index is 11.6. The van der Waals surface area contributed by atoms with Crippen LogP contribution in [0.1, 0.15) is 19.3 Å². The van der Waals surface area contributed by atoms with Crippen LogP contribution in [0.3, 0.4) is 0 Å². The van der Waals surface area contributed by atoms with Gasteiger partial charge in [-0.1, -0.05) is 6.42 Å². The van der Waals surface area contributed by atoms with Crippen molar-refractivity contribution in [3.05, 3.63) is 0 Å². The minimum absolute atomic E-state index is 0.177. The molecule has 4 nitrogen and oxygen atoms in total. The summed E-state index contributed by atoms with van der Waals surface area (Å²) in [4.78, 5) is 10.7. The van der Waals surface area contributed by atoms with Gasteiger partial charge < -0.3 is 5.11 Å². The average Bonchev–Trinajstić information content (AvgIpc) is 2.51. The van der Waals surface area contributed by atoms with Gasteiger partial charge in [-0.25, -0.2) is 0 Å². The highest BCUT2D eigenvalue weighted by Gasteiger charge is 2.40. The number of carboxylic acid groups (broad SMARTS) is 1. The standard InChI is InChI=1S/C8H13NO3S/c10-8(11)6-4-13(12)7-3-1-2-5(7)9-6/h5-7,9H,1-4H2,(H,10,11). The van der Waals surface area contributed by atoms with Crippen LogP contribution in [-0.2, 0) is 15.6 Å². The van der Waals surface area contributed by atoms with Crippen LogP contribution in [-0.4, -0.2) is 38.4 Å². The molecule has 1 heterocycles. The zero-order chi connectivity index (χ0) is 9.42. The Kier molecular flexibility index (Phi) is 2.38. The van der Waals surface area contributed by atoms with E-state index in [4.69, 9.17) is 5.11 Å². The van der Waals surface area contributed by atoms with Crippen LogP contribution in [0.15, 0.2) is 0 Å². The Morgan fingerprint density at radius 2 is 2.23 bits per heavy atom. The van der Waals surface area contributed by atoms with Crippen LogP contribution in [0.5, 0.6) is 0 Å². The number of nitrogens with one attached hydrogen (secondary N) is 1. The molecule has 0 spiro atoms. The van der Waals surface area contributed by atoms with Crippen molar-refractivity contribution in [2.45, 2.75) is 36.6 Å². The van der Waals surface area contributed by atoms with E-state index in [1.807, 2.05) is 0 Å². The van der Waals surface area contributed by atoms with Crippen LogP contribution in [0, 0.1) is 0 Å². The summed E-state index contributed by atoms with van der Waals surface area (Å²) >= 11 is 0. The smallest absolute Gasteiger partial charge is 0.321 e. The van der Waals surface area contributed by atoms with Gasteiger partial charge in [-0.15, -0.1) is 0 Å². The Hall–Kier alpha value is -0.420. The van der Waals surface area contributed by atoms with Gasteiger partial charge in [0.1, 0.15) is 6.04 Å². The van der Waals surface area contributed by atoms with Crippen molar-refractivity contribution in [2.24, 2.45) is 0 Å². The molecule has 0 aromatic carbocycles. The SMILES string of the molecule is O=C(O)C1CS(=O)C2CCCC2N1. The van der Waals surface area contributed by atoms with E-state index in [1.165, 1.54) is 0 Å². The van der Waals surface area contributed by atoms with Gasteiger partial charge in [0.05, 0.1) is 5.25 Å². The maximum atomic E-state index is 11.6. The van der Waals surface area contributed by atoms with Gasteiger partial charge in [-0.3, -0.25) is 14.3 Å². The molecule has 0 amide bonds. The molecule has 13 heavy (non-hydrogen) atoms. The van der Waals surface area contributed by atoms with Crippen LogP contribution in [0.4, 0.5) is 0 Å². The van der Waals surface area contributed by atoms with Crippen molar-refractivity contribution in [3.8, 4) is 0 Å². The number of fused-ring (bicyclic) bond motifs is 1. The average molecular weight is 203 g/mol. The molecule has 1 saturated carbocycles. The first-order valence-electron chi connectivity index (χ1n) is 4.54. The second-order valence-electron chi connectivity index (χ2n) is 3.68. The molecule has 0 bridgehead atoms. The maximum Gasteiger partial charge on any atom is 0.321 e. The molecular formula is C8H13NO3S. The number of carbonyl (C=O) groups is 1. The van der Waals surface area contributed by atoms with Gasteiger partial charge in [-0.05, 0) is 12.8 Å². The van der Waals surface area contributed by atoms with Crippen molar-refractivity contribution in [3.63, 3.8) is 0 Å². The van der Waals surface area contributed by atoms with Gasteiger partial charge in [0.25, 0.3) is 0 Å². The molecule has 2 aliphatic rings. The molecule has 4 unspecified atom stereocenters.